The average molecular weight is 319 g/mol. The van der Waals surface area contributed by atoms with E-state index in [-0.39, 0.29) is 23.4 Å². The fourth-order valence-corrected chi connectivity index (χ4v) is 2.68. The van der Waals surface area contributed by atoms with E-state index in [0.29, 0.717) is 18.2 Å². The molecule has 0 spiro atoms. The number of aliphatic imine (C=N–C) groups is 1. The van der Waals surface area contributed by atoms with Crippen LogP contribution in [0.3, 0.4) is 0 Å². The minimum Gasteiger partial charge on any atom is -0.478 e. The number of benzene rings is 1. The Balaban J connectivity index is 1.83. The van der Waals surface area contributed by atoms with E-state index in [2.05, 4.69) is 4.99 Å². The second-order valence-electron chi connectivity index (χ2n) is 5.73. The molecule has 1 fully saturated rings. The molecule has 7 heteroatoms. The number of carbonyl (C=O) groups is 2. The van der Waals surface area contributed by atoms with Crippen LogP contribution in [0.15, 0.2) is 29.3 Å². The standard InChI is InChI=1S/C16H21N3O4/c17-16(18)19-9-10-1-3-12(4-2-10)15(22)23-13-7-5-11(6-8-13)14(20)21/h5-8,10,12H,1-4,9H2,(H,20,21)(H4,17,18,19). The molecule has 0 amide bonds. The van der Waals surface area contributed by atoms with E-state index in [1.165, 1.54) is 24.3 Å². The lowest BCUT2D eigenvalue weighted by atomic mass is 9.82. The van der Waals surface area contributed by atoms with Crippen molar-refractivity contribution >= 4 is 17.9 Å². The normalized spacial score (nSPS) is 20.5. The Morgan fingerprint density at radius 1 is 1.13 bits per heavy atom. The third kappa shape index (κ3) is 4.98. The monoisotopic (exact) mass is 319 g/mol. The fourth-order valence-electron chi connectivity index (χ4n) is 2.68. The maximum absolute atomic E-state index is 12.2. The molecule has 0 saturated heterocycles. The van der Waals surface area contributed by atoms with Crippen LogP contribution in [-0.2, 0) is 4.79 Å². The Morgan fingerprint density at radius 3 is 2.26 bits per heavy atom. The number of rotatable bonds is 5. The van der Waals surface area contributed by atoms with Crippen LogP contribution in [0.2, 0.25) is 0 Å². The van der Waals surface area contributed by atoms with Crippen LogP contribution < -0.4 is 16.2 Å². The van der Waals surface area contributed by atoms with Gasteiger partial charge in [-0.3, -0.25) is 9.79 Å². The van der Waals surface area contributed by atoms with Crippen LogP contribution in [0.4, 0.5) is 0 Å². The number of nitrogens with zero attached hydrogens (tertiary/aromatic N) is 1. The summed E-state index contributed by atoms with van der Waals surface area (Å²) < 4.78 is 5.32. The molecule has 0 bridgehead atoms. The Bertz CT molecular complexity index is 586. The number of ether oxygens (including phenoxy) is 1. The van der Waals surface area contributed by atoms with Crippen molar-refractivity contribution in [1.82, 2.24) is 0 Å². The quantitative estimate of drug-likeness (QED) is 0.325. The van der Waals surface area contributed by atoms with Crippen molar-refractivity contribution in [2.45, 2.75) is 25.7 Å². The van der Waals surface area contributed by atoms with E-state index >= 15 is 0 Å². The minimum absolute atomic E-state index is 0.0938. The smallest absolute Gasteiger partial charge is 0.335 e. The fraction of sp³-hybridized carbons (Fsp3) is 0.438. The van der Waals surface area contributed by atoms with Gasteiger partial charge in [0.25, 0.3) is 0 Å². The molecule has 0 aliphatic heterocycles. The second kappa shape index (κ2) is 7.62. The van der Waals surface area contributed by atoms with E-state index in [1.54, 1.807) is 0 Å². The Kier molecular flexibility index (Phi) is 5.56. The molecule has 0 unspecified atom stereocenters. The van der Waals surface area contributed by atoms with Gasteiger partial charge in [0.05, 0.1) is 11.5 Å². The van der Waals surface area contributed by atoms with Crippen molar-refractivity contribution in [3.63, 3.8) is 0 Å². The van der Waals surface area contributed by atoms with Crippen LogP contribution in [0, 0.1) is 11.8 Å². The predicted octanol–water partition coefficient (Wildman–Crippen LogP) is 1.37. The molecule has 1 aliphatic rings. The van der Waals surface area contributed by atoms with Crippen LogP contribution in [-0.4, -0.2) is 29.5 Å². The van der Waals surface area contributed by atoms with Gasteiger partial charge < -0.3 is 21.3 Å². The summed E-state index contributed by atoms with van der Waals surface area (Å²) in [5.74, 6) is -0.560. The van der Waals surface area contributed by atoms with Gasteiger partial charge in [-0.2, -0.15) is 0 Å². The zero-order chi connectivity index (χ0) is 16.8. The van der Waals surface area contributed by atoms with Crippen molar-refractivity contribution < 1.29 is 19.4 Å². The zero-order valence-electron chi connectivity index (χ0n) is 12.8. The molecule has 1 aromatic rings. The number of hydrogen-bond acceptors (Lipinski definition) is 4. The van der Waals surface area contributed by atoms with Crippen LogP contribution >= 0.6 is 0 Å². The van der Waals surface area contributed by atoms with Gasteiger partial charge >= 0.3 is 11.9 Å². The first-order valence-corrected chi connectivity index (χ1v) is 7.56. The third-order valence-electron chi connectivity index (χ3n) is 4.03. The molecular weight excluding hydrogens is 298 g/mol. The van der Waals surface area contributed by atoms with Crippen LogP contribution in [0.1, 0.15) is 36.0 Å². The molecule has 1 aromatic carbocycles. The first-order valence-electron chi connectivity index (χ1n) is 7.56. The minimum atomic E-state index is -1.01. The molecule has 2 rings (SSSR count). The highest BCUT2D eigenvalue weighted by atomic mass is 16.5. The number of guanidine groups is 1. The first-order chi connectivity index (χ1) is 11.0. The average Bonchev–Trinajstić information content (AvgIpc) is 2.54. The van der Waals surface area contributed by atoms with Gasteiger partial charge in [-0.1, -0.05) is 0 Å². The summed E-state index contributed by atoms with van der Waals surface area (Å²) in [4.78, 5) is 26.9. The number of esters is 1. The van der Waals surface area contributed by atoms with Crippen LogP contribution in [0.25, 0.3) is 0 Å². The first kappa shape index (κ1) is 16.8. The number of hydrogen-bond donors (Lipinski definition) is 3. The Morgan fingerprint density at radius 2 is 1.74 bits per heavy atom. The van der Waals surface area contributed by atoms with E-state index < -0.39 is 5.97 Å². The van der Waals surface area contributed by atoms with Gasteiger partial charge in [0.1, 0.15) is 5.75 Å². The molecule has 0 radical (unpaired) electrons. The van der Waals surface area contributed by atoms with Crippen LogP contribution in [0.5, 0.6) is 5.75 Å². The van der Waals surface area contributed by atoms with Crippen molar-refractivity contribution in [3.05, 3.63) is 29.8 Å². The summed E-state index contributed by atoms with van der Waals surface area (Å²) in [6.45, 7) is 0.598. The number of carboxylic acids is 1. The highest BCUT2D eigenvalue weighted by molar-refractivity contribution is 5.87. The van der Waals surface area contributed by atoms with Crippen molar-refractivity contribution in [2.24, 2.45) is 28.3 Å². The number of carbonyl (C=O) groups excluding carboxylic acids is 1. The maximum Gasteiger partial charge on any atom is 0.335 e. The zero-order valence-corrected chi connectivity index (χ0v) is 12.8. The summed E-state index contributed by atoms with van der Waals surface area (Å²) in [6, 6.07) is 5.81. The lowest BCUT2D eigenvalue weighted by Gasteiger charge is -2.26. The van der Waals surface area contributed by atoms with Crippen molar-refractivity contribution in [1.29, 1.82) is 0 Å². The molecule has 1 saturated carbocycles. The molecule has 5 N–H and O–H groups in total. The van der Waals surface area contributed by atoms with E-state index in [1.807, 2.05) is 0 Å². The molecular formula is C16H21N3O4. The van der Waals surface area contributed by atoms with Crippen molar-refractivity contribution in [2.75, 3.05) is 6.54 Å². The Hall–Kier alpha value is -2.57. The van der Waals surface area contributed by atoms with Gasteiger partial charge in [-0.05, 0) is 55.9 Å². The summed E-state index contributed by atoms with van der Waals surface area (Å²) in [5, 5.41) is 8.83. The SMILES string of the molecule is NC(N)=NCC1CCC(C(=O)Oc2ccc(C(=O)O)cc2)CC1. The lowest BCUT2D eigenvalue weighted by molar-refractivity contribution is -0.140. The summed E-state index contributed by atoms with van der Waals surface area (Å²) >= 11 is 0. The van der Waals surface area contributed by atoms with Gasteiger partial charge in [-0.15, -0.1) is 0 Å². The Labute approximate surface area is 134 Å². The van der Waals surface area contributed by atoms with Gasteiger partial charge in [0, 0.05) is 6.54 Å². The topological polar surface area (TPSA) is 128 Å². The molecule has 124 valence electrons. The predicted molar refractivity (Wildman–Crippen MR) is 85.2 cm³/mol. The molecule has 0 atom stereocenters. The molecule has 23 heavy (non-hydrogen) atoms. The summed E-state index contributed by atoms with van der Waals surface area (Å²) in [7, 11) is 0. The maximum atomic E-state index is 12.2. The van der Waals surface area contributed by atoms with Gasteiger partial charge in [0.2, 0.25) is 0 Å². The van der Waals surface area contributed by atoms with E-state index in [4.69, 9.17) is 21.3 Å². The summed E-state index contributed by atoms with van der Waals surface area (Å²) in [5.41, 5.74) is 10.8. The van der Waals surface area contributed by atoms with Crippen molar-refractivity contribution in [3.8, 4) is 5.75 Å². The largest absolute Gasteiger partial charge is 0.478 e. The molecule has 0 aromatic heterocycles. The number of aromatic carboxylic acids is 1. The lowest BCUT2D eigenvalue weighted by Crippen LogP contribution is -2.28. The van der Waals surface area contributed by atoms with E-state index in [0.717, 1.165) is 25.7 Å². The molecule has 1 aliphatic carbocycles. The highest BCUT2D eigenvalue weighted by Crippen LogP contribution is 2.30. The van der Waals surface area contributed by atoms with Gasteiger partial charge in [0.15, 0.2) is 5.96 Å². The molecule has 0 heterocycles. The third-order valence-corrected chi connectivity index (χ3v) is 4.03. The van der Waals surface area contributed by atoms with E-state index in [9.17, 15) is 9.59 Å². The second-order valence-corrected chi connectivity index (χ2v) is 5.73. The number of carboxylic acid groups (broad SMARTS) is 1. The molecule has 7 nitrogen and oxygen atoms in total. The number of nitrogens with two attached hydrogens (primary N) is 2. The van der Waals surface area contributed by atoms with Gasteiger partial charge in [-0.25, -0.2) is 4.79 Å². The highest BCUT2D eigenvalue weighted by Gasteiger charge is 2.27. The summed E-state index contributed by atoms with van der Waals surface area (Å²) in [6.07, 6.45) is 3.26.